The highest BCUT2D eigenvalue weighted by Gasteiger charge is 2.27. The summed E-state index contributed by atoms with van der Waals surface area (Å²) in [5, 5.41) is 2.71. The quantitative estimate of drug-likeness (QED) is 0.460. The molecule has 2 aliphatic rings. The first-order valence-corrected chi connectivity index (χ1v) is 13.5. The number of carbonyl (C=O) groups excluding carboxylic acids is 1. The summed E-state index contributed by atoms with van der Waals surface area (Å²) in [7, 11) is 2.00. The fourth-order valence-corrected chi connectivity index (χ4v) is 5.23. The minimum atomic E-state index is -3.03. The molecule has 0 unspecified atom stereocenters. The fraction of sp³-hybridized carbons (Fsp3) is 0.414. The highest BCUT2D eigenvalue weighted by Crippen LogP contribution is 2.36. The van der Waals surface area contributed by atoms with Crippen molar-refractivity contribution in [2.75, 3.05) is 61.5 Å². The van der Waals surface area contributed by atoms with Crippen molar-refractivity contribution < 1.29 is 22.7 Å². The summed E-state index contributed by atoms with van der Waals surface area (Å²) in [5.74, 6) is -0.595. The third kappa shape index (κ3) is 6.23. The smallest absolute Gasteiger partial charge is 0.264 e. The highest BCUT2D eigenvalue weighted by molar-refractivity contribution is 6.07. The molecule has 1 amide bonds. The third-order valence-electron chi connectivity index (χ3n) is 7.69. The lowest BCUT2D eigenvalue weighted by atomic mass is 10.0. The average Bonchev–Trinajstić information content (AvgIpc) is 2.95. The van der Waals surface area contributed by atoms with Gasteiger partial charge in [-0.05, 0) is 45.2 Å². The van der Waals surface area contributed by atoms with Crippen molar-refractivity contribution in [2.45, 2.75) is 32.4 Å². The van der Waals surface area contributed by atoms with Gasteiger partial charge < -0.3 is 29.7 Å². The van der Waals surface area contributed by atoms with E-state index in [-0.39, 0.29) is 29.0 Å². The lowest BCUT2D eigenvalue weighted by molar-refractivity contribution is 0.0529. The number of nitrogens with zero attached hydrogens (tertiary/aromatic N) is 4. The Labute approximate surface area is 235 Å². The van der Waals surface area contributed by atoms with E-state index in [9.17, 15) is 18.4 Å². The Morgan fingerprint density at radius 3 is 2.61 bits per heavy atom. The summed E-state index contributed by atoms with van der Waals surface area (Å²) in [4.78, 5) is 38.0. The number of aromatic amines is 1. The summed E-state index contributed by atoms with van der Waals surface area (Å²) >= 11 is 0. The van der Waals surface area contributed by atoms with Crippen LogP contribution >= 0.6 is 0 Å². The number of pyridine rings is 2. The first-order chi connectivity index (χ1) is 19.6. The number of ether oxygens (including phenoxy) is 1. The molecule has 0 saturated carbocycles. The Balaban J connectivity index is 1.51. The maximum absolute atomic E-state index is 15.7. The predicted octanol–water partition coefficient (Wildman–Crippen LogP) is 4.13. The van der Waals surface area contributed by atoms with Crippen molar-refractivity contribution in [3.05, 3.63) is 70.0 Å². The van der Waals surface area contributed by atoms with E-state index in [4.69, 9.17) is 4.74 Å². The molecule has 2 fully saturated rings. The number of rotatable bonds is 6. The van der Waals surface area contributed by atoms with Crippen LogP contribution in [-0.2, 0) is 4.74 Å². The average molecular weight is 571 g/mol. The SMILES string of the molecule is C[C@@H]1CN(c2ccc(-c3cc(NC(=O)c4c[nH]c(=O)cc4C(F)F)c(N4CCN(C)[C@H](C)C4)cc3F)cn2)CCO1. The van der Waals surface area contributed by atoms with Crippen LogP contribution in [0.3, 0.4) is 0 Å². The molecule has 0 aliphatic carbocycles. The number of morpholine rings is 1. The molecule has 0 bridgehead atoms. The number of aromatic nitrogens is 2. The Bertz CT molecular complexity index is 1470. The molecule has 2 aliphatic heterocycles. The molecule has 4 heterocycles. The predicted molar refractivity (Wildman–Crippen MR) is 152 cm³/mol. The number of likely N-dealkylation sites (N-methyl/N-ethyl adjacent to an activating group) is 1. The van der Waals surface area contributed by atoms with Gasteiger partial charge in [0.25, 0.3) is 12.3 Å². The van der Waals surface area contributed by atoms with Gasteiger partial charge in [0.2, 0.25) is 5.56 Å². The normalized spacial score (nSPS) is 20.0. The maximum Gasteiger partial charge on any atom is 0.264 e. The number of nitrogens with one attached hydrogen (secondary N) is 2. The number of H-pyrrole nitrogens is 1. The second-order valence-corrected chi connectivity index (χ2v) is 10.6. The molecule has 9 nitrogen and oxygen atoms in total. The molecular weight excluding hydrogens is 537 g/mol. The van der Waals surface area contributed by atoms with Gasteiger partial charge in [-0.25, -0.2) is 18.2 Å². The van der Waals surface area contributed by atoms with Crippen LogP contribution in [0.15, 0.2) is 47.5 Å². The molecule has 2 saturated heterocycles. The van der Waals surface area contributed by atoms with Gasteiger partial charge in [-0.2, -0.15) is 0 Å². The van der Waals surface area contributed by atoms with Crippen LogP contribution in [-0.4, -0.2) is 79.3 Å². The van der Waals surface area contributed by atoms with Gasteiger partial charge in [0, 0.05) is 73.9 Å². The lowest BCUT2D eigenvalue weighted by Gasteiger charge is -2.39. The van der Waals surface area contributed by atoms with E-state index in [1.165, 1.54) is 12.1 Å². The van der Waals surface area contributed by atoms with Gasteiger partial charge in [-0.1, -0.05) is 0 Å². The third-order valence-corrected chi connectivity index (χ3v) is 7.69. The standard InChI is InChI=1S/C29H33F3N6O3/c1-17-15-37(7-6-36(17)3)25-12-23(30)20(19-4-5-26(33-13-19)38-8-9-41-18(2)16-38)10-24(25)35-29(40)22-14-34-27(39)11-21(22)28(31)32/h4-5,10-14,17-18,28H,6-9,15-16H2,1-3H3,(H,34,39)(H,35,40)/t17-,18-/m1/s1. The van der Waals surface area contributed by atoms with Crippen LogP contribution in [0.25, 0.3) is 11.1 Å². The molecular formula is C29H33F3N6O3. The molecule has 1 aromatic carbocycles. The number of halogens is 3. The van der Waals surface area contributed by atoms with E-state index in [0.717, 1.165) is 18.6 Å². The molecule has 5 rings (SSSR count). The van der Waals surface area contributed by atoms with E-state index in [1.54, 1.807) is 12.3 Å². The van der Waals surface area contributed by atoms with Crippen LogP contribution < -0.4 is 20.7 Å². The second kappa shape index (κ2) is 11.9. The molecule has 12 heteroatoms. The van der Waals surface area contributed by atoms with Gasteiger partial charge >= 0.3 is 0 Å². The van der Waals surface area contributed by atoms with Gasteiger partial charge in [0.05, 0.1) is 29.6 Å². The summed E-state index contributed by atoms with van der Waals surface area (Å²) < 4.78 is 48.6. The van der Waals surface area contributed by atoms with Crippen molar-refractivity contribution >= 4 is 23.1 Å². The van der Waals surface area contributed by atoms with E-state index in [2.05, 4.69) is 25.1 Å². The topological polar surface area (TPSA) is 93.8 Å². The van der Waals surface area contributed by atoms with Crippen LogP contribution in [0.2, 0.25) is 0 Å². The molecule has 0 spiro atoms. The van der Waals surface area contributed by atoms with Crippen LogP contribution in [0.4, 0.5) is 30.4 Å². The van der Waals surface area contributed by atoms with E-state index >= 15 is 4.39 Å². The van der Waals surface area contributed by atoms with Crippen molar-refractivity contribution in [3.8, 4) is 11.1 Å². The summed E-state index contributed by atoms with van der Waals surface area (Å²) in [6.07, 6.45) is -0.407. The van der Waals surface area contributed by atoms with Gasteiger partial charge in [-0.3, -0.25) is 9.59 Å². The lowest BCUT2D eigenvalue weighted by Crippen LogP contribution is -2.50. The number of benzene rings is 1. The number of carbonyl (C=O) groups is 1. The number of hydrogen-bond acceptors (Lipinski definition) is 7. The Hall–Kier alpha value is -3.90. The zero-order chi connectivity index (χ0) is 29.3. The molecule has 2 atom stereocenters. The summed E-state index contributed by atoms with van der Waals surface area (Å²) in [6.45, 7) is 7.91. The number of amides is 1. The molecule has 2 N–H and O–H groups in total. The Morgan fingerprint density at radius 1 is 1.12 bits per heavy atom. The van der Waals surface area contributed by atoms with Crippen molar-refractivity contribution in [2.24, 2.45) is 0 Å². The van der Waals surface area contributed by atoms with Gasteiger partial charge in [-0.15, -0.1) is 0 Å². The number of alkyl halides is 2. The Morgan fingerprint density at radius 2 is 1.93 bits per heavy atom. The molecule has 41 heavy (non-hydrogen) atoms. The van der Waals surface area contributed by atoms with Crippen LogP contribution in [0, 0.1) is 5.82 Å². The maximum atomic E-state index is 15.7. The number of piperazine rings is 1. The van der Waals surface area contributed by atoms with Crippen molar-refractivity contribution in [1.29, 1.82) is 0 Å². The van der Waals surface area contributed by atoms with E-state index in [0.29, 0.717) is 50.1 Å². The summed E-state index contributed by atoms with van der Waals surface area (Å²) in [5.41, 5.74) is -0.380. The van der Waals surface area contributed by atoms with Crippen molar-refractivity contribution in [3.63, 3.8) is 0 Å². The van der Waals surface area contributed by atoms with Crippen molar-refractivity contribution in [1.82, 2.24) is 14.9 Å². The monoisotopic (exact) mass is 570 g/mol. The first-order valence-electron chi connectivity index (χ1n) is 13.5. The fourth-order valence-electron chi connectivity index (χ4n) is 5.23. The molecule has 3 aromatic rings. The number of anilines is 3. The van der Waals surface area contributed by atoms with E-state index < -0.39 is 29.3 Å². The minimum Gasteiger partial charge on any atom is -0.375 e. The van der Waals surface area contributed by atoms with Crippen LogP contribution in [0.1, 0.15) is 36.2 Å². The zero-order valence-electron chi connectivity index (χ0n) is 23.2. The molecule has 2 aromatic heterocycles. The Kier molecular flexibility index (Phi) is 8.32. The molecule has 218 valence electrons. The van der Waals surface area contributed by atoms with Gasteiger partial charge in [0.1, 0.15) is 11.6 Å². The molecule has 0 radical (unpaired) electrons. The first kappa shape index (κ1) is 28.6. The second-order valence-electron chi connectivity index (χ2n) is 10.6. The van der Waals surface area contributed by atoms with Crippen LogP contribution in [0.5, 0.6) is 0 Å². The highest BCUT2D eigenvalue weighted by atomic mass is 19.3. The minimum absolute atomic E-state index is 0.0757. The summed E-state index contributed by atoms with van der Waals surface area (Å²) in [6, 6.07) is 7.33. The van der Waals surface area contributed by atoms with E-state index in [1.807, 2.05) is 31.9 Å². The number of hydrogen-bond donors (Lipinski definition) is 2. The zero-order valence-corrected chi connectivity index (χ0v) is 23.2. The largest absolute Gasteiger partial charge is 0.375 e. The van der Waals surface area contributed by atoms with Gasteiger partial charge in [0.15, 0.2) is 0 Å².